The second-order valence-electron chi connectivity index (χ2n) is 5.83. The Labute approximate surface area is 109 Å². The number of pyridine rings is 1. The van der Waals surface area contributed by atoms with Gasteiger partial charge in [0.15, 0.2) is 0 Å². The second-order valence-corrected chi connectivity index (χ2v) is 5.83. The van der Waals surface area contributed by atoms with Gasteiger partial charge < -0.3 is 5.32 Å². The lowest BCUT2D eigenvalue weighted by Crippen LogP contribution is -2.23. The third kappa shape index (κ3) is 2.64. The molecule has 0 atom stereocenters. The molecule has 0 aliphatic heterocycles. The Hall–Kier alpha value is -1.56. The zero-order valence-electron chi connectivity index (χ0n) is 11.5. The van der Waals surface area contributed by atoms with E-state index in [1.54, 1.807) is 0 Å². The molecule has 1 aliphatic carbocycles. The summed E-state index contributed by atoms with van der Waals surface area (Å²) in [5.41, 5.74) is 3.34. The lowest BCUT2D eigenvalue weighted by atomic mass is 9.90. The number of nitrogens with one attached hydrogen (secondary N) is 1. The van der Waals surface area contributed by atoms with Crippen LogP contribution in [0.4, 0.5) is 5.82 Å². The van der Waals surface area contributed by atoms with Crippen molar-refractivity contribution in [2.45, 2.75) is 46.5 Å². The minimum atomic E-state index is 0.230. The van der Waals surface area contributed by atoms with E-state index in [2.05, 4.69) is 37.1 Å². The Morgan fingerprint density at radius 1 is 1.44 bits per heavy atom. The van der Waals surface area contributed by atoms with Crippen molar-refractivity contribution in [3.8, 4) is 6.07 Å². The first kappa shape index (κ1) is 12.9. The van der Waals surface area contributed by atoms with Crippen LogP contribution in [0.15, 0.2) is 6.07 Å². The van der Waals surface area contributed by atoms with E-state index in [-0.39, 0.29) is 5.41 Å². The highest BCUT2D eigenvalue weighted by molar-refractivity contribution is 5.55. The Balaban J connectivity index is 2.20. The summed E-state index contributed by atoms with van der Waals surface area (Å²) in [5.74, 6) is 0.764. The summed E-state index contributed by atoms with van der Waals surface area (Å²) in [4.78, 5) is 4.63. The minimum absolute atomic E-state index is 0.230. The molecular weight excluding hydrogens is 222 g/mol. The van der Waals surface area contributed by atoms with E-state index >= 15 is 0 Å². The average Bonchev–Trinajstić information content (AvgIpc) is 2.82. The second kappa shape index (κ2) is 4.97. The highest BCUT2D eigenvalue weighted by Gasteiger charge is 2.19. The largest absolute Gasteiger partial charge is 0.368 e. The van der Waals surface area contributed by atoms with Gasteiger partial charge in [-0.05, 0) is 42.7 Å². The Morgan fingerprint density at radius 3 is 2.89 bits per heavy atom. The van der Waals surface area contributed by atoms with Gasteiger partial charge in [0.1, 0.15) is 11.9 Å². The molecule has 0 fully saturated rings. The van der Waals surface area contributed by atoms with Crippen LogP contribution in [0.1, 0.15) is 50.4 Å². The van der Waals surface area contributed by atoms with E-state index < -0.39 is 0 Å². The number of hydrogen-bond donors (Lipinski definition) is 1. The minimum Gasteiger partial charge on any atom is -0.368 e. The van der Waals surface area contributed by atoms with E-state index in [1.807, 2.05) is 6.07 Å². The lowest BCUT2D eigenvalue weighted by Gasteiger charge is -2.23. The van der Waals surface area contributed by atoms with Crippen LogP contribution in [0.5, 0.6) is 0 Å². The SMILES string of the molecule is CCC(C)(C)CNc1nc2c(cc1C#N)CCC2. The Bertz CT molecular complexity index is 483. The summed E-state index contributed by atoms with van der Waals surface area (Å²) >= 11 is 0. The van der Waals surface area contributed by atoms with Gasteiger partial charge in [-0.25, -0.2) is 4.98 Å². The number of anilines is 1. The molecule has 0 unspecified atom stereocenters. The molecule has 96 valence electrons. The number of nitriles is 1. The third-order valence-electron chi connectivity index (χ3n) is 3.86. The molecule has 0 spiro atoms. The van der Waals surface area contributed by atoms with Gasteiger partial charge >= 0.3 is 0 Å². The Morgan fingerprint density at radius 2 is 2.22 bits per heavy atom. The smallest absolute Gasteiger partial charge is 0.144 e. The molecule has 2 rings (SSSR count). The van der Waals surface area contributed by atoms with Gasteiger partial charge in [0.25, 0.3) is 0 Å². The number of rotatable bonds is 4. The number of nitrogens with zero attached hydrogens (tertiary/aromatic N) is 2. The first-order chi connectivity index (χ1) is 8.55. The molecule has 0 aromatic carbocycles. The first-order valence-electron chi connectivity index (χ1n) is 6.72. The average molecular weight is 243 g/mol. The van der Waals surface area contributed by atoms with Gasteiger partial charge in [-0.15, -0.1) is 0 Å². The van der Waals surface area contributed by atoms with Crippen molar-refractivity contribution in [2.24, 2.45) is 5.41 Å². The van der Waals surface area contributed by atoms with Crippen LogP contribution in [0, 0.1) is 16.7 Å². The lowest BCUT2D eigenvalue weighted by molar-refractivity contribution is 0.376. The van der Waals surface area contributed by atoms with Crippen LogP contribution < -0.4 is 5.32 Å². The van der Waals surface area contributed by atoms with Crippen molar-refractivity contribution < 1.29 is 0 Å². The maximum atomic E-state index is 9.21. The van der Waals surface area contributed by atoms with Crippen LogP contribution in [0.2, 0.25) is 0 Å². The van der Waals surface area contributed by atoms with Crippen LogP contribution in [-0.2, 0) is 12.8 Å². The fourth-order valence-electron chi connectivity index (χ4n) is 2.14. The predicted octanol–water partition coefficient (Wildman–Crippen LogP) is 3.29. The van der Waals surface area contributed by atoms with Crippen molar-refractivity contribution in [1.29, 1.82) is 5.26 Å². The van der Waals surface area contributed by atoms with E-state index in [0.717, 1.165) is 38.0 Å². The molecule has 0 bridgehead atoms. The van der Waals surface area contributed by atoms with Gasteiger partial charge in [0.2, 0.25) is 0 Å². The van der Waals surface area contributed by atoms with Crippen LogP contribution in [0.3, 0.4) is 0 Å². The van der Waals surface area contributed by atoms with E-state index in [9.17, 15) is 5.26 Å². The van der Waals surface area contributed by atoms with Crippen molar-refractivity contribution >= 4 is 5.82 Å². The summed E-state index contributed by atoms with van der Waals surface area (Å²) in [6, 6.07) is 4.27. The molecule has 0 saturated heterocycles. The molecule has 0 amide bonds. The van der Waals surface area contributed by atoms with E-state index in [1.165, 1.54) is 11.3 Å². The first-order valence-corrected chi connectivity index (χ1v) is 6.72. The van der Waals surface area contributed by atoms with Gasteiger partial charge in [-0.1, -0.05) is 20.8 Å². The molecule has 0 saturated carbocycles. The highest BCUT2D eigenvalue weighted by atomic mass is 15.0. The number of fused-ring (bicyclic) bond motifs is 1. The fraction of sp³-hybridized carbons (Fsp3) is 0.600. The zero-order chi connectivity index (χ0) is 13.2. The van der Waals surface area contributed by atoms with Gasteiger partial charge in [-0.2, -0.15) is 5.26 Å². The number of hydrogen-bond acceptors (Lipinski definition) is 3. The molecule has 1 heterocycles. The molecule has 0 radical (unpaired) electrons. The summed E-state index contributed by atoms with van der Waals surface area (Å²) in [7, 11) is 0. The highest BCUT2D eigenvalue weighted by Crippen LogP contribution is 2.26. The third-order valence-corrected chi connectivity index (χ3v) is 3.86. The zero-order valence-corrected chi connectivity index (χ0v) is 11.5. The summed E-state index contributed by atoms with van der Waals surface area (Å²) < 4.78 is 0. The Kier molecular flexibility index (Phi) is 3.56. The van der Waals surface area contributed by atoms with Gasteiger partial charge in [-0.3, -0.25) is 0 Å². The quantitative estimate of drug-likeness (QED) is 0.882. The summed E-state index contributed by atoms with van der Waals surface area (Å²) in [6.07, 6.45) is 4.38. The van der Waals surface area contributed by atoms with Crippen molar-refractivity contribution in [2.75, 3.05) is 11.9 Å². The van der Waals surface area contributed by atoms with Gasteiger partial charge in [0, 0.05) is 12.2 Å². The molecule has 1 aliphatic rings. The topological polar surface area (TPSA) is 48.7 Å². The van der Waals surface area contributed by atoms with Crippen molar-refractivity contribution in [1.82, 2.24) is 4.98 Å². The molecular formula is C15H21N3. The molecule has 1 aromatic heterocycles. The van der Waals surface area contributed by atoms with Crippen molar-refractivity contribution in [3.05, 3.63) is 22.9 Å². The number of aromatic nitrogens is 1. The van der Waals surface area contributed by atoms with Crippen LogP contribution in [0.25, 0.3) is 0 Å². The predicted molar refractivity (Wildman–Crippen MR) is 73.5 cm³/mol. The summed E-state index contributed by atoms with van der Waals surface area (Å²) in [6.45, 7) is 7.48. The maximum absolute atomic E-state index is 9.21. The normalized spacial score (nSPS) is 14.1. The molecule has 18 heavy (non-hydrogen) atoms. The van der Waals surface area contributed by atoms with Crippen molar-refractivity contribution in [3.63, 3.8) is 0 Å². The molecule has 1 N–H and O–H groups in total. The van der Waals surface area contributed by atoms with Crippen LogP contribution in [-0.4, -0.2) is 11.5 Å². The molecule has 1 aromatic rings. The molecule has 3 heteroatoms. The fourth-order valence-corrected chi connectivity index (χ4v) is 2.14. The number of aryl methyl sites for hydroxylation is 2. The van der Waals surface area contributed by atoms with E-state index in [0.29, 0.717) is 5.56 Å². The molecule has 3 nitrogen and oxygen atoms in total. The summed E-state index contributed by atoms with van der Waals surface area (Å²) in [5, 5.41) is 12.6. The standard InChI is InChI=1S/C15H21N3/c1-4-15(2,3)10-17-14-12(9-16)8-11-6-5-7-13(11)18-14/h8H,4-7,10H2,1-3H3,(H,17,18). The van der Waals surface area contributed by atoms with Gasteiger partial charge in [0.05, 0.1) is 5.56 Å². The van der Waals surface area contributed by atoms with E-state index in [4.69, 9.17) is 0 Å². The van der Waals surface area contributed by atoms with Crippen LogP contribution >= 0.6 is 0 Å². The monoisotopic (exact) mass is 243 g/mol. The maximum Gasteiger partial charge on any atom is 0.144 e.